The Morgan fingerprint density at radius 3 is 2.38 bits per heavy atom. The van der Waals surface area contributed by atoms with Crippen molar-refractivity contribution in [2.45, 2.75) is 59.0 Å². The molecule has 2 atom stereocenters. The van der Waals surface area contributed by atoms with Crippen LogP contribution in [0.5, 0.6) is 5.88 Å². The molecule has 1 saturated carbocycles. The molecule has 3 rings (SSSR count). The van der Waals surface area contributed by atoms with E-state index in [9.17, 15) is 14.7 Å². The van der Waals surface area contributed by atoms with Crippen LogP contribution >= 0.6 is 0 Å². The Morgan fingerprint density at radius 1 is 1.09 bits per heavy atom. The lowest BCUT2D eigenvalue weighted by Gasteiger charge is -2.27. The predicted molar refractivity (Wildman–Crippen MR) is 133 cm³/mol. The number of carbonyl (C=O) groups excluding carboxylic acids is 1. The van der Waals surface area contributed by atoms with Crippen LogP contribution in [0.1, 0.15) is 58.4 Å². The van der Waals surface area contributed by atoms with E-state index < -0.39 is 17.8 Å². The molecule has 1 heterocycles. The van der Waals surface area contributed by atoms with Gasteiger partial charge in [0.25, 0.3) is 0 Å². The first-order valence-corrected chi connectivity index (χ1v) is 11.8. The number of ether oxygens (including phenoxy) is 1. The molecule has 2 unspecified atom stereocenters. The molecule has 0 bridgehead atoms. The number of rotatable bonds is 9. The van der Waals surface area contributed by atoms with Gasteiger partial charge < -0.3 is 26.2 Å². The summed E-state index contributed by atoms with van der Waals surface area (Å²) in [5, 5.41) is 15.6. The molecule has 34 heavy (non-hydrogen) atoms. The van der Waals surface area contributed by atoms with Gasteiger partial charge in [0.2, 0.25) is 11.8 Å². The highest BCUT2D eigenvalue weighted by molar-refractivity contribution is 5.95. The Bertz CT molecular complexity index is 1030. The van der Waals surface area contributed by atoms with E-state index in [1.807, 2.05) is 51.1 Å². The molecule has 2 aromatic rings. The summed E-state index contributed by atoms with van der Waals surface area (Å²) >= 11 is 0. The van der Waals surface area contributed by atoms with Gasteiger partial charge in [0.1, 0.15) is 5.82 Å². The zero-order valence-corrected chi connectivity index (χ0v) is 20.0. The summed E-state index contributed by atoms with van der Waals surface area (Å²) in [6.45, 7) is 5.90. The Morgan fingerprint density at radius 2 is 1.76 bits per heavy atom. The van der Waals surface area contributed by atoms with Gasteiger partial charge >= 0.3 is 5.97 Å². The molecule has 0 radical (unpaired) electrons. The number of anilines is 2. The van der Waals surface area contributed by atoms with Crippen LogP contribution in [0.2, 0.25) is 0 Å². The summed E-state index contributed by atoms with van der Waals surface area (Å²) in [5.41, 5.74) is 9.26. The van der Waals surface area contributed by atoms with Gasteiger partial charge in [0.15, 0.2) is 0 Å². The number of nitrogens with one attached hydrogen (secondary N) is 2. The Labute approximate surface area is 200 Å². The molecule has 8 heteroatoms. The zero-order valence-electron chi connectivity index (χ0n) is 20.0. The third-order valence-electron chi connectivity index (χ3n) is 5.92. The lowest BCUT2D eigenvalue weighted by molar-refractivity contribution is -0.147. The zero-order chi connectivity index (χ0) is 24.7. The van der Waals surface area contributed by atoms with Crippen LogP contribution < -0.4 is 21.1 Å². The summed E-state index contributed by atoms with van der Waals surface area (Å²) < 4.78 is 5.66. The van der Waals surface area contributed by atoms with E-state index in [1.54, 1.807) is 12.1 Å². The van der Waals surface area contributed by atoms with Gasteiger partial charge in [0.05, 0.1) is 23.6 Å². The maximum atomic E-state index is 12.7. The number of benzene rings is 1. The summed E-state index contributed by atoms with van der Waals surface area (Å²) in [6.07, 6.45) is 3.55. The molecule has 0 saturated heterocycles. The van der Waals surface area contributed by atoms with Gasteiger partial charge in [0, 0.05) is 17.5 Å². The van der Waals surface area contributed by atoms with E-state index in [0.29, 0.717) is 42.3 Å². The maximum absolute atomic E-state index is 12.7. The summed E-state index contributed by atoms with van der Waals surface area (Å²) in [6, 6.07) is 12.8. The first-order chi connectivity index (χ1) is 16.3. The molecule has 1 aromatic heterocycles. The monoisotopic (exact) mass is 466 g/mol. The molecular weight excluding hydrogens is 432 g/mol. The van der Waals surface area contributed by atoms with Crippen molar-refractivity contribution in [2.24, 2.45) is 17.6 Å². The Hall–Kier alpha value is -3.55. The first kappa shape index (κ1) is 25.1. The highest BCUT2D eigenvalue weighted by Gasteiger charge is 2.35. The van der Waals surface area contributed by atoms with E-state index in [2.05, 4.69) is 15.6 Å². The van der Waals surface area contributed by atoms with Crippen molar-refractivity contribution in [1.29, 1.82) is 0 Å². The van der Waals surface area contributed by atoms with Crippen molar-refractivity contribution in [3.63, 3.8) is 0 Å². The summed E-state index contributed by atoms with van der Waals surface area (Å²) in [5.74, 6) is -1.09. The number of hydrogen-bond acceptors (Lipinski definition) is 6. The fraction of sp³-hybridized carbons (Fsp3) is 0.423. The van der Waals surface area contributed by atoms with Crippen molar-refractivity contribution in [3.8, 4) is 5.88 Å². The Kier molecular flexibility index (Phi) is 8.51. The van der Waals surface area contributed by atoms with Crippen LogP contribution in [0, 0.1) is 11.8 Å². The van der Waals surface area contributed by atoms with Crippen LogP contribution in [0.15, 0.2) is 48.2 Å². The number of hydrogen-bond donors (Lipinski definition) is 4. The van der Waals surface area contributed by atoms with Gasteiger partial charge in [-0.05, 0) is 56.9 Å². The topological polar surface area (TPSA) is 127 Å². The lowest BCUT2D eigenvalue weighted by Crippen LogP contribution is -2.36. The number of carboxylic acids is 1. The van der Waals surface area contributed by atoms with Crippen molar-refractivity contribution in [2.75, 3.05) is 10.6 Å². The average Bonchev–Trinajstić information content (AvgIpc) is 2.82. The molecule has 1 fully saturated rings. The van der Waals surface area contributed by atoms with Gasteiger partial charge in [-0.3, -0.25) is 9.59 Å². The number of carboxylic acid groups (broad SMARTS) is 1. The SMILES string of the molecule is CC/C(Nc1cccc(OC(C)C)n1)=C(\N)c1ccc(NC(=O)C2CCCCC2C(=O)O)cc1. The van der Waals surface area contributed by atoms with E-state index in [1.165, 1.54) is 0 Å². The standard InChI is InChI=1S/C26H34N4O4/c1-4-21(29-22-10-7-11-23(30-22)34-16(2)3)24(27)17-12-14-18(15-13-17)28-25(31)19-8-5-6-9-20(19)26(32)33/h7,10-16,19-20H,4-6,8-9,27H2,1-3H3,(H,28,31)(H,29,30)(H,32,33)/b24-21+. The lowest BCUT2D eigenvalue weighted by atomic mass is 9.78. The highest BCUT2D eigenvalue weighted by atomic mass is 16.5. The summed E-state index contributed by atoms with van der Waals surface area (Å²) in [7, 11) is 0. The van der Waals surface area contributed by atoms with Crippen molar-refractivity contribution < 1.29 is 19.4 Å². The van der Waals surface area contributed by atoms with Crippen LogP contribution in [-0.4, -0.2) is 28.1 Å². The van der Waals surface area contributed by atoms with Crippen LogP contribution in [-0.2, 0) is 9.59 Å². The normalized spacial score (nSPS) is 18.7. The highest BCUT2D eigenvalue weighted by Crippen LogP contribution is 2.31. The molecule has 1 amide bonds. The predicted octanol–water partition coefficient (Wildman–Crippen LogP) is 4.85. The minimum absolute atomic E-state index is 0.0288. The van der Waals surface area contributed by atoms with Crippen molar-refractivity contribution in [3.05, 3.63) is 53.7 Å². The quantitative estimate of drug-likeness (QED) is 0.416. The number of nitrogens with two attached hydrogens (primary N) is 1. The second kappa shape index (κ2) is 11.5. The smallest absolute Gasteiger partial charge is 0.307 e. The van der Waals surface area contributed by atoms with Gasteiger partial charge in [-0.2, -0.15) is 4.98 Å². The van der Waals surface area contributed by atoms with Crippen molar-refractivity contribution in [1.82, 2.24) is 4.98 Å². The number of carbonyl (C=O) groups is 2. The number of aliphatic carboxylic acids is 1. The Balaban J connectivity index is 1.71. The van der Waals surface area contributed by atoms with Gasteiger partial charge in [-0.1, -0.05) is 38.0 Å². The molecular formula is C26H34N4O4. The number of pyridine rings is 1. The molecule has 182 valence electrons. The molecule has 1 aliphatic rings. The van der Waals surface area contributed by atoms with E-state index >= 15 is 0 Å². The van der Waals surface area contributed by atoms with Crippen molar-refractivity contribution >= 4 is 29.1 Å². The number of nitrogens with zero attached hydrogens (tertiary/aromatic N) is 1. The van der Waals surface area contributed by atoms with E-state index in [4.69, 9.17) is 10.5 Å². The summed E-state index contributed by atoms with van der Waals surface area (Å²) in [4.78, 5) is 28.7. The largest absolute Gasteiger partial charge is 0.481 e. The fourth-order valence-corrected chi connectivity index (χ4v) is 4.17. The minimum atomic E-state index is -0.900. The van der Waals surface area contributed by atoms with Crippen LogP contribution in [0.4, 0.5) is 11.5 Å². The number of allylic oxidation sites excluding steroid dienone is 1. The fourth-order valence-electron chi connectivity index (χ4n) is 4.17. The maximum Gasteiger partial charge on any atom is 0.307 e. The number of amides is 1. The third-order valence-corrected chi connectivity index (χ3v) is 5.92. The second-order valence-corrected chi connectivity index (χ2v) is 8.80. The molecule has 1 aromatic carbocycles. The van der Waals surface area contributed by atoms with E-state index in [0.717, 1.165) is 24.1 Å². The molecule has 0 aliphatic heterocycles. The number of aromatic nitrogens is 1. The second-order valence-electron chi connectivity index (χ2n) is 8.80. The first-order valence-electron chi connectivity index (χ1n) is 11.8. The van der Waals surface area contributed by atoms with Crippen LogP contribution in [0.25, 0.3) is 5.70 Å². The van der Waals surface area contributed by atoms with Gasteiger partial charge in [-0.25, -0.2) is 0 Å². The molecule has 8 nitrogen and oxygen atoms in total. The average molecular weight is 467 g/mol. The molecule has 1 aliphatic carbocycles. The van der Waals surface area contributed by atoms with Gasteiger partial charge in [-0.15, -0.1) is 0 Å². The van der Waals surface area contributed by atoms with Crippen LogP contribution in [0.3, 0.4) is 0 Å². The molecule has 5 N–H and O–H groups in total. The minimum Gasteiger partial charge on any atom is -0.481 e. The molecule has 0 spiro atoms. The van der Waals surface area contributed by atoms with E-state index in [-0.39, 0.29) is 12.0 Å². The third kappa shape index (κ3) is 6.50.